The molecule has 0 aromatic carbocycles. The zero-order valence-corrected chi connectivity index (χ0v) is 14.1. The van der Waals surface area contributed by atoms with E-state index in [4.69, 9.17) is 14.2 Å². The Hall–Kier alpha value is -0.690. The molecule has 21 heavy (non-hydrogen) atoms. The van der Waals surface area contributed by atoms with E-state index in [1.165, 1.54) is 0 Å². The van der Waals surface area contributed by atoms with Crippen molar-refractivity contribution < 1.29 is 14.2 Å². The average molecular weight is 362 g/mol. The Balaban J connectivity index is 1.95. The maximum absolute atomic E-state index is 11.7. The number of hydrogen-bond donors (Lipinski definition) is 0. The fourth-order valence-electron chi connectivity index (χ4n) is 1.63. The number of nitrogens with zero attached hydrogens (tertiary/aromatic N) is 1. The van der Waals surface area contributed by atoms with Crippen LogP contribution >= 0.6 is 15.9 Å². The first-order chi connectivity index (χ1) is 10.3. The summed E-state index contributed by atoms with van der Waals surface area (Å²) in [6.45, 7) is 6.27. The zero-order valence-electron chi connectivity index (χ0n) is 12.6. The summed E-state index contributed by atoms with van der Waals surface area (Å²) in [5.41, 5.74) is -0.0402. The number of pyridine rings is 1. The number of ether oxygens (including phenoxy) is 3. The number of rotatable bonds is 12. The van der Waals surface area contributed by atoms with Crippen molar-refractivity contribution >= 4 is 15.9 Å². The van der Waals surface area contributed by atoms with Gasteiger partial charge in [-0.1, -0.05) is 13.3 Å². The van der Waals surface area contributed by atoms with Crippen LogP contribution in [0.1, 0.15) is 19.8 Å². The van der Waals surface area contributed by atoms with Crippen LogP contribution < -0.4 is 5.56 Å². The maximum Gasteiger partial charge on any atom is 0.264 e. The van der Waals surface area contributed by atoms with Crippen LogP contribution in [0.4, 0.5) is 0 Å². The van der Waals surface area contributed by atoms with Crippen LogP contribution in [0.5, 0.6) is 0 Å². The molecule has 0 aliphatic heterocycles. The molecule has 5 nitrogen and oxygen atoms in total. The SMILES string of the molecule is CCCCOCCOCCOCCn1cccc(Br)c1=O. The molecular weight excluding hydrogens is 338 g/mol. The van der Waals surface area contributed by atoms with Crippen molar-refractivity contribution in [1.82, 2.24) is 4.57 Å². The molecule has 0 amide bonds. The summed E-state index contributed by atoms with van der Waals surface area (Å²) in [4.78, 5) is 11.7. The second kappa shape index (κ2) is 11.9. The molecule has 0 aliphatic carbocycles. The van der Waals surface area contributed by atoms with Crippen molar-refractivity contribution in [3.05, 3.63) is 33.2 Å². The molecule has 0 spiro atoms. The Labute approximate surface area is 134 Å². The third kappa shape index (κ3) is 8.36. The predicted octanol–water partition coefficient (Wildman–Crippen LogP) is 2.46. The highest BCUT2D eigenvalue weighted by molar-refractivity contribution is 9.10. The molecule has 0 fully saturated rings. The molecule has 120 valence electrons. The van der Waals surface area contributed by atoms with Crippen molar-refractivity contribution in [3.63, 3.8) is 0 Å². The van der Waals surface area contributed by atoms with E-state index in [-0.39, 0.29) is 5.56 Å². The minimum Gasteiger partial charge on any atom is -0.379 e. The lowest BCUT2D eigenvalue weighted by molar-refractivity contribution is 0.0126. The largest absolute Gasteiger partial charge is 0.379 e. The standard InChI is InChI=1S/C15H24BrNO4/c1-2-3-8-19-10-12-21-13-11-20-9-7-17-6-4-5-14(16)15(17)18/h4-6H,2-3,7-13H2,1H3. The monoisotopic (exact) mass is 361 g/mol. The summed E-state index contributed by atoms with van der Waals surface area (Å²) in [5.74, 6) is 0. The Morgan fingerprint density at radius 1 is 1.05 bits per heavy atom. The molecule has 1 heterocycles. The first kappa shape index (κ1) is 18.4. The molecule has 0 radical (unpaired) electrons. The quantitative estimate of drug-likeness (QED) is 0.536. The van der Waals surface area contributed by atoms with E-state index in [9.17, 15) is 4.79 Å². The van der Waals surface area contributed by atoms with Crippen molar-refractivity contribution in [3.8, 4) is 0 Å². The van der Waals surface area contributed by atoms with Crippen LogP contribution in [0.3, 0.4) is 0 Å². The van der Waals surface area contributed by atoms with Gasteiger partial charge in [0.15, 0.2) is 0 Å². The summed E-state index contributed by atoms with van der Waals surface area (Å²) in [7, 11) is 0. The smallest absolute Gasteiger partial charge is 0.264 e. The molecule has 0 saturated heterocycles. The van der Waals surface area contributed by atoms with E-state index in [0.29, 0.717) is 44.1 Å². The van der Waals surface area contributed by atoms with Gasteiger partial charge in [0, 0.05) is 19.3 Å². The third-order valence-corrected chi connectivity index (χ3v) is 3.44. The van der Waals surface area contributed by atoms with Crippen LogP contribution in [-0.4, -0.2) is 44.2 Å². The molecular formula is C15H24BrNO4. The minimum atomic E-state index is -0.0402. The van der Waals surface area contributed by atoms with Gasteiger partial charge in [0.05, 0.1) is 37.5 Å². The van der Waals surface area contributed by atoms with E-state index < -0.39 is 0 Å². The summed E-state index contributed by atoms with van der Waals surface area (Å²) in [5, 5.41) is 0. The second-order valence-corrected chi connectivity index (χ2v) is 5.40. The van der Waals surface area contributed by atoms with E-state index in [1.807, 2.05) is 6.07 Å². The fourth-order valence-corrected chi connectivity index (χ4v) is 2.02. The highest BCUT2D eigenvalue weighted by Crippen LogP contribution is 2.00. The van der Waals surface area contributed by atoms with Crippen molar-refractivity contribution in [2.75, 3.05) is 39.6 Å². The first-order valence-electron chi connectivity index (χ1n) is 7.34. The zero-order chi connectivity index (χ0) is 15.3. The molecule has 6 heteroatoms. The molecule has 0 unspecified atom stereocenters. The summed E-state index contributed by atoms with van der Waals surface area (Å²) < 4.78 is 18.4. The van der Waals surface area contributed by atoms with Gasteiger partial charge in [0.1, 0.15) is 0 Å². The van der Waals surface area contributed by atoms with E-state index >= 15 is 0 Å². The molecule has 1 rings (SSSR count). The van der Waals surface area contributed by atoms with Crippen molar-refractivity contribution in [2.45, 2.75) is 26.3 Å². The lowest BCUT2D eigenvalue weighted by atomic mass is 10.4. The van der Waals surface area contributed by atoms with Gasteiger partial charge < -0.3 is 18.8 Å². The number of halogens is 1. The van der Waals surface area contributed by atoms with Crippen LogP contribution in [0.25, 0.3) is 0 Å². The minimum absolute atomic E-state index is 0.0402. The average Bonchev–Trinajstić information content (AvgIpc) is 2.49. The van der Waals surface area contributed by atoms with Gasteiger partial charge in [-0.2, -0.15) is 0 Å². The number of aromatic nitrogens is 1. The molecule has 0 aliphatic rings. The van der Waals surface area contributed by atoms with Gasteiger partial charge in [-0.15, -0.1) is 0 Å². The fraction of sp³-hybridized carbons (Fsp3) is 0.667. The molecule has 0 saturated carbocycles. The van der Waals surface area contributed by atoms with Gasteiger partial charge >= 0.3 is 0 Å². The normalized spacial score (nSPS) is 11.0. The van der Waals surface area contributed by atoms with E-state index in [2.05, 4.69) is 22.9 Å². The van der Waals surface area contributed by atoms with Crippen LogP contribution in [0.2, 0.25) is 0 Å². The molecule has 1 aromatic rings. The first-order valence-corrected chi connectivity index (χ1v) is 8.13. The number of unbranched alkanes of at least 4 members (excludes halogenated alkanes) is 1. The van der Waals surface area contributed by atoms with E-state index in [1.54, 1.807) is 16.8 Å². The van der Waals surface area contributed by atoms with Crippen molar-refractivity contribution in [2.24, 2.45) is 0 Å². The molecule has 0 atom stereocenters. The second-order valence-electron chi connectivity index (χ2n) is 4.55. The Bertz CT molecular complexity index is 436. The van der Waals surface area contributed by atoms with Gasteiger partial charge in [0.2, 0.25) is 0 Å². The highest BCUT2D eigenvalue weighted by Gasteiger charge is 1.99. The molecule has 0 N–H and O–H groups in total. The maximum atomic E-state index is 11.7. The lowest BCUT2D eigenvalue weighted by Gasteiger charge is -2.08. The van der Waals surface area contributed by atoms with Crippen molar-refractivity contribution in [1.29, 1.82) is 0 Å². The van der Waals surface area contributed by atoms with Gasteiger partial charge in [-0.05, 0) is 34.5 Å². The lowest BCUT2D eigenvalue weighted by Crippen LogP contribution is -2.22. The highest BCUT2D eigenvalue weighted by atomic mass is 79.9. The Morgan fingerprint density at radius 2 is 1.67 bits per heavy atom. The third-order valence-electron chi connectivity index (χ3n) is 2.84. The Kier molecular flexibility index (Phi) is 10.4. The summed E-state index contributed by atoms with van der Waals surface area (Å²) >= 11 is 3.21. The van der Waals surface area contributed by atoms with Gasteiger partial charge in [-0.25, -0.2) is 0 Å². The molecule has 1 aromatic heterocycles. The summed E-state index contributed by atoms with van der Waals surface area (Å²) in [6, 6.07) is 3.56. The van der Waals surface area contributed by atoms with E-state index in [0.717, 1.165) is 19.4 Å². The van der Waals surface area contributed by atoms with Crippen LogP contribution in [0, 0.1) is 0 Å². The summed E-state index contributed by atoms with van der Waals surface area (Å²) in [6.07, 6.45) is 3.99. The van der Waals surface area contributed by atoms with Gasteiger partial charge in [0.25, 0.3) is 5.56 Å². The predicted molar refractivity (Wildman–Crippen MR) is 85.8 cm³/mol. The van der Waals surface area contributed by atoms with Crippen LogP contribution in [0.15, 0.2) is 27.6 Å². The topological polar surface area (TPSA) is 49.7 Å². The Morgan fingerprint density at radius 3 is 2.33 bits per heavy atom. The van der Waals surface area contributed by atoms with Gasteiger partial charge in [-0.3, -0.25) is 4.79 Å². The molecule has 0 bridgehead atoms. The van der Waals surface area contributed by atoms with Crippen LogP contribution in [-0.2, 0) is 20.8 Å². The number of hydrogen-bond acceptors (Lipinski definition) is 4.